The maximum absolute atomic E-state index is 10.9. The largest absolute Gasteiger partial charge is 0.548 e. The van der Waals surface area contributed by atoms with Gasteiger partial charge in [0.25, 0.3) is 0 Å². The van der Waals surface area contributed by atoms with E-state index in [2.05, 4.69) is 0 Å². The van der Waals surface area contributed by atoms with E-state index in [0.717, 1.165) is 4.90 Å². The standard InChI is InChI=1S/C7H9NO4/c1-4(7(11)12)8-5(9)2-3-6(8)10/h4H,2-3H2,1H3,(H,11,12)/p-1. The van der Waals surface area contributed by atoms with Gasteiger partial charge in [0.05, 0.1) is 12.0 Å². The van der Waals surface area contributed by atoms with Crippen LogP contribution in [0.3, 0.4) is 0 Å². The van der Waals surface area contributed by atoms with E-state index in [-0.39, 0.29) is 12.8 Å². The second-order valence-electron chi connectivity index (χ2n) is 2.65. The van der Waals surface area contributed by atoms with Crippen LogP contribution >= 0.6 is 0 Å². The Balaban J connectivity index is 2.79. The fraction of sp³-hybridized carbons (Fsp3) is 0.571. The van der Waals surface area contributed by atoms with E-state index < -0.39 is 23.8 Å². The van der Waals surface area contributed by atoms with Crippen LogP contribution in [0.2, 0.25) is 0 Å². The Kier molecular flexibility index (Phi) is 2.12. The zero-order valence-electron chi connectivity index (χ0n) is 6.57. The number of likely N-dealkylation sites (tertiary alicyclic amines) is 1. The molecule has 0 aromatic heterocycles. The lowest BCUT2D eigenvalue weighted by atomic mass is 10.3. The van der Waals surface area contributed by atoms with Crippen molar-refractivity contribution >= 4 is 17.8 Å². The molecule has 1 fully saturated rings. The van der Waals surface area contributed by atoms with Gasteiger partial charge in [0, 0.05) is 12.8 Å². The summed E-state index contributed by atoms with van der Waals surface area (Å²) in [4.78, 5) is 33.0. The molecule has 12 heavy (non-hydrogen) atoms. The third-order valence-corrected chi connectivity index (χ3v) is 1.82. The summed E-state index contributed by atoms with van der Waals surface area (Å²) in [7, 11) is 0. The van der Waals surface area contributed by atoms with Crippen LogP contribution in [0.4, 0.5) is 0 Å². The minimum Gasteiger partial charge on any atom is -0.548 e. The lowest BCUT2D eigenvalue weighted by molar-refractivity contribution is -0.310. The van der Waals surface area contributed by atoms with Crippen molar-refractivity contribution in [2.45, 2.75) is 25.8 Å². The van der Waals surface area contributed by atoms with Gasteiger partial charge in [-0.2, -0.15) is 0 Å². The summed E-state index contributed by atoms with van der Waals surface area (Å²) in [6, 6.07) is -1.15. The second kappa shape index (κ2) is 2.92. The number of aliphatic carboxylic acids is 1. The molecular weight excluding hydrogens is 162 g/mol. The molecule has 1 unspecified atom stereocenters. The van der Waals surface area contributed by atoms with Gasteiger partial charge in [0.15, 0.2) is 0 Å². The number of carbonyl (C=O) groups excluding carboxylic acids is 3. The first-order valence-corrected chi connectivity index (χ1v) is 3.60. The minimum absolute atomic E-state index is 0.108. The third kappa shape index (κ3) is 1.30. The van der Waals surface area contributed by atoms with Crippen molar-refractivity contribution in [3.8, 4) is 0 Å². The van der Waals surface area contributed by atoms with E-state index >= 15 is 0 Å². The fourth-order valence-corrected chi connectivity index (χ4v) is 1.13. The first kappa shape index (κ1) is 8.70. The van der Waals surface area contributed by atoms with Crippen LogP contribution in [0.5, 0.6) is 0 Å². The van der Waals surface area contributed by atoms with Gasteiger partial charge in [-0.15, -0.1) is 0 Å². The highest BCUT2D eigenvalue weighted by atomic mass is 16.4. The van der Waals surface area contributed by atoms with Crippen LogP contribution in [-0.2, 0) is 14.4 Å². The molecule has 0 saturated carbocycles. The number of imide groups is 1. The summed E-state index contributed by atoms with van der Waals surface area (Å²) in [6.45, 7) is 1.26. The Morgan fingerprint density at radius 2 is 1.83 bits per heavy atom. The van der Waals surface area contributed by atoms with Crippen LogP contribution in [0.25, 0.3) is 0 Å². The average molecular weight is 170 g/mol. The minimum atomic E-state index is -1.40. The normalized spacial score (nSPS) is 19.9. The van der Waals surface area contributed by atoms with E-state index in [1.54, 1.807) is 0 Å². The number of hydrogen-bond acceptors (Lipinski definition) is 4. The zero-order valence-corrected chi connectivity index (χ0v) is 6.57. The molecule has 5 nitrogen and oxygen atoms in total. The molecule has 1 heterocycles. The molecule has 5 heteroatoms. The molecule has 66 valence electrons. The first-order valence-electron chi connectivity index (χ1n) is 3.60. The van der Waals surface area contributed by atoms with E-state index in [1.165, 1.54) is 6.92 Å². The van der Waals surface area contributed by atoms with E-state index in [9.17, 15) is 19.5 Å². The summed E-state index contributed by atoms with van der Waals surface area (Å²) >= 11 is 0. The smallest absolute Gasteiger partial charge is 0.230 e. The maximum Gasteiger partial charge on any atom is 0.230 e. The number of rotatable bonds is 2. The summed E-state index contributed by atoms with van der Waals surface area (Å²) in [5.41, 5.74) is 0. The van der Waals surface area contributed by atoms with Gasteiger partial charge in [-0.05, 0) is 6.92 Å². The predicted molar refractivity (Wildman–Crippen MR) is 35.6 cm³/mol. The quantitative estimate of drug-likeness (QED) is 0.461. The van der Waals surface area contributed by atoms with Gasteiger partial charge < -0.3 is 9.90 Å². The topological polar surface area (TPSA) is 77.5 Å². The Labute approximate surface area is 69.0 Å². The summed E-state index contributed by atoms with van der Waals surface area (Å²) < 4.78 is 0. The number of hydrogen-bond donors (Lipinski definition) is 0. The van der Waals surface area contributed by atoms with Crippen LogP contribution in [0, 0.1) is 0 Å². The molecule has 0 aromatic rings. The van der Waals surface area contributed by atoms with Crippen molar-refractivity contribution in [1.82, 2.24) is 4.90 Å². The molecule has 0 bridgehead atoms. The number of nitrogens with zero attached hydrogens (tertiary/aromatic N) is 1. The number of carboxylic acids is 1. The first-order chi connectivity index (χ1) is 5.54. The molecule has 0 spiro atoms. The molecule has 0 radical (unpaired) electrons. The summed E-state index contributed by atoms with van der Waals surface area (Å²) in [5.74, 6) is -2.27. The van der Waals surface area contributed by atoms with Crippen LogP contribution in [-0.4, -0.2) is 28.7 Å². The highest BCUT2D eigenvalue weighted by Gasteiger charge is 2.33. The fourth-order valence-electron chi connectivity index (χ4n) is 1.13. The molecule has 0 N–H and O–H groups in total. The third-order valence-electron chi connectivity index (χ3n) is 1.82. The van der Waals surface area contributed by atoms with Crippen molar-refractivity contribution in [3.63, 3.8) is 0 Å². The molecule has 0 aromatic carbocycles. The van der Waals surface area contributed by atoms with Gasteiger partial charge in [0.1, 0.15) is 0 Å². The van der Waals surface area contributed by atoms with Gasteiger partial charge in [-0.25, -0.2) is 0 Å². The highest BCUT2D eigenvalue weighted by molar-refractivity contribution is 6.04. The molecule has 1 rings (SSSR count). The Morgan fingerprint density at radius 1 is 1.42 bits per heavy atom. The maximum atomic E-state index is 10.9. The monoisotopic (exact) mass is 170 g/mol. The zero-order chi connectivity index (χ0) is 9.30. The number of carboxylic acid groups (broad SMARTS) is 1. The van der Waals surface area contributed by atoms with Gasteiger partial charge in [-0.1, -0.05) is 0 Å². The van der Waals surface area contributed by atoms with Gasteiger partial charge in [0.2, 0.25) is 11.8 Å². The molecule has 1 atom stereocenters. The van der Waals surface area contributed by atoms with Crippen molar-refractivity contribution in [2.24, 2.45) is 0 Å². The summed E-state index contributed by atoms with van der Waals surface area (Å²) in [5, 5.41) is 10.3. The molecule has 0 aliphatic carbocycles. The van der Waals surface area contributed by atoms with Crippen LogP contribution in [0.1, 0.15) is 19.8 Å². The van der Waals surface area contributed by atoms with E-state index in [0.29, 0.717) is 0 Å². The highest BCUT2D eigenvalue weighted by Crippen LogP contribution is 2.14. The van der Waals surface area contributed by atoms with Crippen LogP contribution in [0.15, 0.2) is 0 Å². The lowest BCUT2D eigenvalue weighted by Gasteiger charge is -2.22. The Bertz CT molecular complexity index is 232. The van der Waals surface area contributed by atoms with E-state index in [1.807, 2.05) is 0 Å². The van der Waals surface area contributed by atoms with Crippen molar-refractivity contribution in [3.05, 3.63) is 0 Å². The van der Waals surface area contributed by atoms with Crippen LogP contribution < -0.4 is 5.11 Å². The molecule has 1 saturated heterocycles. The Hall–Kier alpha value is -1.39. The van der Waals surface area contributed by atoms with Gasteiger partial charge in [-0.3, -0.25) is 14.5 Å². The molecular formula is C7H8NO4-. The van der Waals surface area contributed by atoms with Gasteiger partial charge >= 0.3 is 0 Å². The van der Waals surface area contributed by atoms with E-state index in [4.69, 9.17) is 0 Å². The predicted octanol–water partition coefficient (Wildman–Crippen LogP) is -1.73. The van der Waals surface area contributed by atoms with Crippen molar-refractivity contribution in [2.75, 3.05) is 0 Å². The Morgan fingerprint density at radius 3 is 2.17 bits per heavy atom. The lowest BCUT2D eigenvalue weighted by Crippen LogP contribution is -2.48. The average Bonchev–Trinajstić information content (AvgIpc) is 2.30. The summed E-state index contributed by atoms with van der Waals surface area (Å²) in [6.07, 6.45) is 0.215. The molecule has 1 aliphatic rings. The van der Waals surface area contributed by atoms with Crippen molar-refractivity contribution < 1.29 is 19.5 Å². The van der Waals surface area contributed by atoms with Crippen molar-refractivity contribution in [1.29, 1.82) is 0 Å². The number of amides is 2. The molecule has 2 amide bonds. The molecule has 1 aliphatic heterocycles. The SMILES string of the molecule is CC(C(=O)[O-])N1C(=O)CCC1=O. The second-order valence-corrected chi connectivity index (χ2v) is 2.65. The number of carbonyl (C=O) groups is 3.